The molecule has 0 heteroatoms. The average Bonchev–Trinajstić information content (AvgIpc) is 2.10. The van der Waals surface area contributed by atoms with Gasteiger partial charge in [0.15, 0.2) is 0 Å². The molecule has 1 aliphatic carbocycles. The third kappa shape index (κ3) is 3.00. The summed E-state index contributed by atoms with van der Waals surface area (Å²) in [5.41, 5.74) is 0. The second-order valence-corrected chi connectivity index (χ2v) is 4.88. The minimum atomic E-state index is 0.986. The Morgan fingerprint density at radius 1 is 1.15 bits per heavy atom. The molecule has 0 amide bonds. The first-order valence-electron chi connectivity index (χ1n) is 6.29. The molecule has 0 spiro atoms. The van der Waals surface area contributed by atoms with E-state index in [0.717, 1.165) is 17.8 Å². The Labute approximate surface area is 84.1 Å². The first kappa shape index (κ1) is 11.1. The largest absolute Gasteiger partial charge is 0.0654 e. The van der Waals surface area contributed by atoms with E-state index in [-0.39, 0.29) is 0 Å². The van der Waals surface area contributed by atoms with Crippen LogP contribution in [-0.2, 0) is 0 Å². The zero-order chi connectivity index (χ0) is 9.68. The second kappa shape index (κ2) is 5.67. The van der Waals surface area contributed by atoms with E-state index in [1.54, 1.807) is 0 Å². The summed E-state index contributed by atoms with van der Waals surface area (Å²) in [6.07, 6.45) is 10.3. The molecule has 13 heavy (non-hydrogen) atoms. The van der Waals surface area contributed by atoms with Gasteiger partial charge in [-0.25, -0.2) is 0 Å². The van der Waals surface area contributed by atoms with Gasteiger partial charge >= 0.3 is 0 Å². The quantitative estimate of drug-likeness (QED) is 0.525. The van der Waals surface area contributed by atoms with Crippen LogP contribution in [0.1, 0.15) is 65.7 Å². The lowest BCUT2D eigenvalue weighted by Gasteiger charge is -2.40. The average molecular weight is 182 g/mol. The molecule has 0 aliphatic heterocycles. The van der Waals surface area contributed by atoms with Crippen molar-refractivity contribution in [3.05, 3.63) is 0 Å². The van der Waals surface area contributed by atoms with E-state index < -0.39 is 0 Å². The van der Waals surface area contributed by atoms with Gasteiger partial charge < -0.3 is 0 Å². The fourth-order valence-corrected chi connectivity index (χ4v) is 2.66. The first-order valence-corrected chi connectivity index (χ1v) is 6.29. The van der Waals surface area contributed by atoms with Gasteiger partial charge in [-0.3, -0.25) is 0 Å². The summed E-state index contributed by atoms with van der Waals surface area (Å²) < 4.78 is 0. The van der Waals surface area contributed by atoms with E-state index in [1.165, 1.54) is 44.9 Å². The summed E-state index contributed by atoms with van der Waals surface area (Å²) in [6, 6.07) is 0. The molecule has 3 unspecified atom stereocenters. The Morgan fingerprint density at radius 2 is 1.92 bits per heavy atom. The first-order chi connectivity index (χ1) is 6.29. The molecule has 1 aliphatic rings. The van der Waals surface area contributed by atoms with E-state index in [1.807, 2.05) is 0 Å². The lowest BCUT2D eigenvalue weighted by atomic mass is 9.65. The maximum atomic E-state index is 2.44. The maximum absolute atomic E-state index is 2.44. The fraction of sp³-hybridized carbons (Fsp3) is 1.00. The zero-order valence-corrected chi connectivity index (χ0v) is 9.68. The summed E-state index contributed by atoms with van der Waals surface area (Å²) >= 11 is 0. The molecule has 0 aromatic rings. The normalized spacial score (nSPS) is 29.8. The van der Waals surface area contributed by atoms with Crippen molar-refractivity contribution < 1.29 is 0 Å². The topological polar surface area (TPSA) is 0 Å². The predicted octanol–water partition coefficient (Wildman–Crippen LogP) is 4.64. The van der Waals surface area contributed by atoms with E-state index >= 15 is 0 Å². The van der Waals surface area contributed by atoms with Crippen LogP contribution >= 0.6 is 0 Å². The third-order valence-corrected chi connectivity index (χ3v) is 4.03. The SMILES string of the molecule is CCCCCC1CCC1C(C)CC. The number of unbranched alkanes of at least 4 members (excludes halogenated alkanes) is 2. The minimum absolute atomic E-state index is 0.986. The van der Waals surface area contributed by atoms with Crippen LogP contribution in [0.4, 0.5) is 0 Å². The molecular weight excluding hydrogens is 156 g/mol. The summed E-state index contributed by atoms with van der Waals surface area (Å²) in [4.78, 5) is 0. The van der Waals surface area contributed by atoms with Gasteiger partial charge in [-0.2, -0.15) is 0 Å². The highest BCUT2D eigenvalue weighted by molar-refractivity contribution is 4.83. The molecular formula is C13H26. The third-order valence-electron chi connectivity index (χ3n) is 4.03. The van der Waals surface area contributed by atoms with Gasteiger partial charge in [0, 0.05) is 0 Å². The molecule has 1 saturated carbocycles. The van der Waals surface area contributed by atoms with Gasteiger partial charge in [0.25, 0.3) is 0 Å². The summed E-state index contributed by atoms with van der Waals surface area (Å²) in [5.74, 6) is 3.17. The molecule has 0 aromatic heterocycles. The van der Waals surface area contributed by atoms with Crippen molar-refractivity contribution in [2.75, 3.05) is 0 Å². The highest BCUT2D eigenvalue weighted by Crippen LogP contribution is 2.43. The number of hydrogen-bond donors (Lipinski definition) is 0. The van der Waals surface area contributed by atoms with Crippen LogP contribution in [0.15, 0.2) is 0 Å². The molecule has 3 atom stereocenters. The molecule has 0 heterocycles. The Bertz CT molecular complexity index is 128. The maximum Gasteiger partial charge on any atom is -0.0360 e. The van der Waals surface area contributed by atoms with Crippen molar-refractivity contribution >= 4 is 0 Å². The van der Waals surface area contributed by atoms with Crippen LogP contribution in [0.25, 0.3) is 0 Å². The summed E-state index contributed by atoms with van der Waals surface area (Å²) in [7, 11) is 0. The summed E-state index contributed by atoms with van der Waals surface area (Å²) in [5, 5.41) is 0. The lowest BCUT2D eigenvalue weighted by molar-refractivity contribution is 0.0995. The van der Waals surface area contributed by atoms with E-state index in [2.05, 4.69) is 20.8 Å². The molecule has 0 aromatic carbocycles. The van der Waals surface area contributed by atoms with Gasteiger partial charge in [0.1, 0.15) is 0 Å². The zero-order valence-electron chi connectivity index (χ0n) is 9.68. The minimum Gasteiger partial charge on any atom is -0.0654 e. The molecule has 0 saturated heterocycles. The van der Waals surface area contributed by atoms with E-state index in [4.69, 9.17) is 0 Å². The van der Waals surface area contributed by atoms with Crippen molar-refractivity contribution in [3.63, 3.8) is 0 Å². The van der Waals surface area contributed by atoms with E-state index in [0.29, 0.717) is 0 Å². The van der Waals surface area contributed by atoms with Gasteiger partial charge in [0.05, 0.1) is 0 Å². The van der Waals surface area contributed by atoms with Crippen LogP contribution in [-0.4, -0.2) is 0 Å². The van der Waals surface area contributed by atoms with Crippen molar-refractivity contribution in [2.24, 2.45) is 17.8 Å². The summed E-state index contributed by atoms with van der Waals surface area (Å²) in [6.45, 7) is 7.08. The molecule has 0 bridgehead atoms. The van der Waals surface area contributed by atoms with Gasteiger partial charge in [-0.05, 0) is 30.6 Å². The standard InChI is InChI=1S/C13H26/c1-4-6-7-8-12-9-10-13(12)11(3)5-2/h11-13H,4-10H2,1-3H3. The van der Waals surface area contributed by atoms with Crippen LogP contribution in [0.2, 0.25) is 0 Å². The Morgan fingerprint density at radius 3 is 2.38 bits per heavy atom. The Hall–Kier alpha value is 0. The van der Waals surface area contributed by atoms with Gasteiger partial charge in [-0.1, -0.05) is 52.9 Å². The number of rotatable bonds is 6. The van der Waals surface area contributed by atoms with Crippen LogP contribution in [0, 0.1) is 17.8 Å². The Balaban J connectivity index is 2.13. The lowest BCUT2D eigenvalue weighted by Crippen LogP contribution is -2.31. The molecule has 1 fully saturated rings. The molecule has 0 N–H and O–H groups in total. The number of hydrogen-bond acceptors (Lipinski definition) is 0. The monoisotopic (exact) mass is 182 g/mol. The van der Waals surface area contributed by atoms with Gasteiger partial charge in [0.2, 0.25) is 0 Å². The molecule has 0 radical (unpaired) electrons. The van der Waals surface area contributed by atoms with Crippen molar-refractivity contribution in [1.82, 2.24) is 0 Å². The van der Waals surface area contributed by atoms with Crippen LogP contribution < -0.4 is 0 Å². The fourth-order valence-electron chi connectivity index (χ4n) is 2.66. The molecule has 1 rings (SSSR count). The molecule has 78 valence electrons. The Kier molecular flexibility index (Phi) is 4.83. The highest BCUT2D eigenvalue weighted by Gasteiger charge is 2.32. The van der Waals surface area contributed by atoms with Crippen molar-refractivity contribution in [3.8, 4) is 0 Å². The predicted molar refractivity (Wildman–Crippen MR) is 59.8 cm³/mol. The van der Waals surface area contributed by atoms with Crippen molar-refractivity contribution in [1.29, 1.82) is 0 Å². The van der Waals surface area contributed by atoms with Gasteiger partial charge in [-0.15, -0.1) is 0 Å². The van der Waals surface area contributed by atoms with E-state index in [9.17, 15) is 0 Å². The van der Waals surface area contributed by atoms with Crippen LogP contribution in [0.3, 0.4) is 0 Å². The smallest absolute Gasteiger partial charge is 0.0360 e. The highest BCUT2D eigenvalue weighted by atomic mass is 14.4. The molecule has 0 nitrogen and oxygen atoms in total. The van der Waals surface area contributed by atoms with Crippen molar-refractivity contribution in [2.45, 2.75) is 65.7 Å². The van der Waals surface area contributed by atoms with Crippen LogP contribution in [0.5, 0.6) is 0 Å². The second-order valence-electron chi connectivity index (χ2n) is 4.88.